The van der Waals surface area contributed by atoms with Crippen molar-refractivity contribution in [3.05, 3.63) is 50.9 Å². The summed E-state index contributed by atoms with van der Waals surface area (Å²) in [5.41, 5.74) is 0.662. The van der Waals surface area contributed by atoms with Crippen LogP contribution in [0.4, 0.5) is 0 Å². The van der Waals surface area contributed by atoms with E-state index in [1.54, 1.807) is 24.5 Å². The third-order valence-electron chi connectivity index (χ3n) is 3.88. The molecule has 1 amide bonds. The highest BCUT2D eigenvalue weighted by atomic mass is 79.9. The first-order chi connectivity index (χ1) is 10.6. The van der Waals surface area contributed by atoms with Crippen molar-refractivity contribution in [1.82, 2.24) is 9.88 Å². The number of halogens is 1. The number of piperidine rings is 1. The molecule has 1 fully saturated rings. The van der Waals surface area contributed by atoms with Crippen molar-refractivity contribution in [3.8, 4) is 0 Å². The minimum atomic E-state index is -0.0108. The van der Waals surface area contributed by atoms with E-state index in [9.17, 15) is 9.59 Å². The molecule has 3 heterocycles. The third-order valence-corrected chi connectivity index (χ3v) is 5.49. The van der Waals surface area contributed by atoms with Crippen LogP contribution in [0, 0.1) is 5.92 Å². The molecule has 0 bridgehead atoms. The number of hydrogen-bond donors (Lipinski definition) is 0. The van der Waals surface area contributed by atoms with Crippen LogP contribution in [0.5, 0.6) is 0 Å². The van der Waals surface area contributed by atoms with Crippen LogP contribution < -0.4 is 0 Å². The Hall–Kier alpha value is -1.53. The predicted molar refractivity (Wildman–Crippen MR) is 89.2 cm³/mol. The fraction of sp³-hybridized carbons (Fsp3) is 0.312. The van der Waals surface area contributed by atoms with E-state index in [1.807, 2.05) is 17.0 Å². The van der Waals surface area contributed by atoms with Gasteiger partial charge in [-0.3, -0.25) is 14.6 Å². The van der Waals surface area contributed by atoms with E-state index < -0.39 is 0 Å². The summed E-state index contributed by atoms with van der Waals surface area (Å²) in [6.45, 7) is 1.26. The second kappa shape index (κ2) is 6.71. The molecule has 0 aromatic carbocycles. The first kappa shape index (κ1) is 15.4. The summed E-state index contributed by atoms with van der Waals surface area (Å²) in [7, 11) is 0. The number of Topliss-reactive ketones (excluding diaryl/α,β-unsaturated/α-hetero) is 1. The SMILES string of the molecule is O=C(c1cccnc1)C1CCN(C(=O)c2ccc(Br)s2)CC1. The summed E-state index contributed by atoms with van der Waals surface area (Å²) in [6, 6.07) is 7.30. The Bertz CT molecular complexity index is 678. The number of likely N-dealkylation sites (tertiary alicyclic amines) is 1. The summed E-state index contributed by atoms with van der Waals surface area (Å²) in [4.78, 5) is 31.4. The predicted octanol–water partition coefficient (Wildman–Crippen LogP) is 3.64. The molecule has 0 unspecified atom stereocenters. The van der Waals surface area contributed by atoms with Gasteiger partial charge in [-0.05, 0) is 53.0 Å². The highest BCUT2D eigenvalue weighted by Gasteiger charge is 2.28. The molecule has 6 heteroatoms. The van der Waals surface area contributed by atoms with Gasteiger partial charge in [-0.1, -0.05) is 0 Å². The van der Waals surface area contributed by atoms with E-state index in [-0.39, 0.29) is 17.6 Å². The van der Waals surface area contributed by atoms with E-state index in [4.69, 9.17) is 0 Å². The third kappa shape index (κ3) is 3.28. The van der Waals surface area contributed by atoms with Gasteiger partial charge in [0.25, 0.3) is 5.91 Å². The summed E-state index contributed by atoms with van der Waals surface area (Å²) in [6.07, 6.45) is 4.71. The smallest absolute Gasteiger partial charge is 0.263 e. The fourth-order valence-corrected chi connectivity index (χ4v) is 4.03. The Balaban J connectivity index is 1.61. The number of thiophene rings is 1. The molecule has 0 radical (unpaired) electrons. The Kier molecular flexibility index (Phi) is 4.69. The van der Waals surface area contributed by atoms with Crippen molar-refractivity contribution in [3.63, 3.8) is 0 Å². The maximum Gasteiger partial charge on any atom is 0.263 e. The largest absolute Gasteiger partial charge is 0.338 e. The molecule has 0 spiro atoms. The Labute approximate surface area is 141 Å². The zero-order valence-electron chi connectivity index (χ0n) is 11.9. The first-order valence-corrected chi connectivity index (χ1v) is 8.75. The number of carbonyl (C=O) groups is 2. The number of hydrogen-bond acceptors (Lipinski definition) is 4. The summed E-state index contributed by atoms with van der Waals surface area (Å²) < 4.78 is 0.956. The van der Waals surface area contributed by atoms with Gasteiger partial charge in [0.2, 0.25) is 0 Å². The van der Waals surface area contributed by atoms with Crippen molar-refractivity contribution in [2.24, 2.45) is 5.92 Å². The number of aromatic nitrogens is 1. The Morgan fingerprint density at radius 2 is 2.00 bits per heavy atom. The summed E-state index contributed by atoms with van der Waals surface area (Å²) in [5.74, 6) is 0.186. The number of rotatable bonds is 3. The van der Waals surface area contributed by atoms with Crippen LogP contribution in [0.1, 0.15) is 32.9 Å². The molecular weight excluding hydrogens is 364 g/mol. The van der Waals surface area contributed by atoms with E-state index in [2.05, 4.69) is 20.9 Å². The molecule has 2 aromatic rings. The highest BCUT2D eigenvalue weighted by Crippen LogP contribution is 2.26. The molecule has 0 atom stereocenters. The number of nitrogens with zero attached hydrogens (tertiary/aromatic N) is 2. The van der Waals surface area contributed by atoms with Crippen molar-refractivity contribution in [2.45, 2.75) is 12.8 Å². The lowest BCUT2D eigenvalue weighted by Crippen LogP contribution is -2.40. The van der Waals surface area contributed by atoms with Crippen LogP contribution in [-0.4, -0.2) is 34.7 Å². The van der Waals surface area contributed by atoms with Gasteiger partial charge in [-0.2, -0.15) is 0 Å². The van der Waals surface area contributed by atoms with Crippen LogP contribution in [0.3, 0.4) is 0 Å². The van der Waals surface area contributed by atoms with Crippen molar-refractivity contribution in [2.75, 3.05) is 13.1 Å². The molecule has 22 heavy (non-hydrogen) atoms. The molecule has 4 nitrogen and oxygen atoms in total. The molecule has 0 N–H and O–H groups in total. The standard InChI is InChI=1S/C16H15BrN2O2S/c17-14-4-3-13(22-14)16(21)19-8-5-11(6-9-19)15(20)12-2-1-7-18-10-12/h1-4,7,10-11H,5-6,8-9H2. The monoisotopic (exact) mass is 378 g/mol. The highest BCUT2D eigenvalue weighted by molar-refractivity contribution is 9.11. The second-order valence-corrected chi connectivity index (χ2v) is 7.74. The molecule has 0 saturated carbocycles. The average molecular weight is 379 g/mol. The van der Waals surface area contributed by atoms with Gasteiger partial charge in [0, 0.05) is 37.0 Å². The Morgan fingerprint density at radius 3 is 2.59 bits per heavy atom. The van der Waals surface area contributed by atoms with Crippen LogP contribution in [0.2, 0.25) is 0 Å². The lowest BCUT2D eigenvalue weighted by Gasteiger charge is -2.31. The zero-order valence-corrected chi connectivity index (χ0v) is 14.3. The fourth-order valence-electron chi connectivity index (χ4n) is 2.67. The molecule has 114 valence electrons. The normalized spacial score (nSPS) is 15.8. The minimum Gasteiger partial charge on any atom is -0.338 e. The minimum absolute atomic E-state index is 0.0108. The van der Waals surface area contributed by atoms with Gasteiger partial charge in [0.05, 0.1) is 8.66 Å². The second-order valence-electron chi connectivity index (χ2n) is 5.28. The number of carbonyl (C=O) groups excluding carboxylic acids is 2. The lowest BCUT2D eigenvalue weighted by atomic mass is 9.89. The molecule has 0 aliphatic carbocycles. The maximum absolute atomic E-state index is 12.4. The van der Waals surface area contributed by atoms with Gasteiger partial charge >= 0.3 is 0 Å². The van der Waals surface area contributed by atoms with Crippen molar-refractivity contribution in [1.29, 1.82) is 0 Å². The molecule has 3 rings (SSSR count). The first-order valence-electron chi connectivity index (χ1n) is 7.14. The van der Waals surface area contributed by atoms with E-state index >= 15 is 0 Å². The Morgan fingerprint density at radius 1 is 1.23 bits per heavy atom. The molecule has 1 aliphatic rings. The van der Waals surface area contributed by atoms with Gasteiger partial charge in [-0.25, -0.2) is 0 Å². The van der Waals surface area contributed by atoms with E-state index in [0.717, 1.165) is 8.66 Å². The maximum atomic E-state index is 12.4. The van der Waals surface area contributed by atoms with Gasteiger partial charge in [0.15, 0.2) is 5.78 Å². The van der Waals surface area contributed by atoms with Crippen molar-refractivity contribution < 1.29 is 9.59 Å². The number of pyridine rings is 1. The molecule has 2 aromatic heterocycles. The molecule has 1 aliphatic heterocycles. The van der Waals surface area contributed by atoms with E-state index in [1.165, 1.54) is 11.3 Å². The average Bonchev–Trinajstić information content (AvgIpc) is 3.01. The van der Waals surface area contributed by atoms with Crippen LogP contribution in [-0.2, 0) is 0 Å². The van der Waals surface area contributed by atoms with Crippen LogP contribution in [0.25, 0.3) is 0 Å². The molecule has 1 saturated heterocycles. The van der Waals surface area contributed by atoms with E-state index in [0.29, 0.717) is 31.5 Å². The number of amides is 1. The van der Waals surface area contributed by atoms with Crippen molar-refractivity contribution >= 4 is 39.0 Å². The van der Waals surface area contributed by atoms with Gasteiger partial charge < -0.3 is 4.90 Å². The lowest BCUT2D eigenvalue weighted by molar-refractivity contribution is 0.0654. The topological polar surface area (TPSA) is 50.3 Å². The van der Waals surface area contributed by atoms with Crippen LogP contribution in [0.15, 0.2) is 40.4 Å². The number of ketones is 1. The molecular formula is C16H15BrN2O2S. The summed E-state index contributed by atoms with van der Waals surface area (Å²) in [5, 5.41) is 0. The zero-order chi connectivity index (χ0) is 15.5. The van der Waals surface area contributed by atoms with Gasteiger partial charge in [-0.15, -0.1) is 11.3 Å². The summed E-state index contributed by atoms with van der Waals surface area (Å²) >= 11 is 4.82. The van der Waals surface area contributed by atoms with Crippen LogP contribution >= 0.6 is 27.3 Å². The van der Waals surface area contributed by atoms with Gasteiger partial charge in [0.1, 0.15) is 0 Å². The quantitative estimate of drug-likeness (QED) is 0.766.